The number of hydrogen-bond acceptors (Lipinski definition) is 2. The van der Waals surface area contributed by atoms with Gasteiger partial charge in [0.15, 0.2) is 0 Å². The maximum absolute atomic E-state index is 12.4. The van der Waals surface area contributed by atoms with Gasteiger partial charge in [0.1, 0.15) is 0 Å². The molecule has 1 heterocycles. The van der Waals surface area contributed by atoms with E-state index in [9.17, 15) is 4.79 Å². The van der Waals surface area contributed by atoms with Gasteiger partial charge in [0, 0.05) is 12.5 Å². The highest BCUT2D eigenvalue weighted by atomic mass is 16.1. The van der Waals surface area contributed by atoms with Crippen LogP contribution in [0.2, 0.25) is 0 Å². The van der Waals surface area contributed by atoms with Gasteiger partial charge in [0.05, 0.1) is 6.04 Å². The maximum Gasteiger partial charge on any atom is 0.222 e. The van der Waals surface area contributed by atoms with Crippen LogP contribution < -0.4 is 10.6 Å². The highest BCUT2D eigenvalue weighted by Gasteiger charge is 2.29. The van der Waals surface area contributed by atoms with E-state index in [1.807, 2.05) is 0 Å². The molecule has 1 aliphatic heterocycles. The molecule has 2 rings (SSSR count). The summed E-state index contributed by atoms with van der Waals surface area (Å²) >= 11 is 0. The van der Waals surface area contributed by atoms with Gasteiger partial charge in [-0.2, -0.15) is 0 Å². The first-order chi connectivity index (χ1) is 9.86. The lowest BCUT2D eigenvalue weighted by molar-refractivity contribution is -0.123. The van der Waals surface area contributed by atoms with Crippen molar-refractivity contribution >= 4 is 5.91 Å². The van der Waals surface area contributed by atoms with Crippen molar-refractivity contribution in [3.05, 3.63) is 35.4 Å². The highest BCUT2D eigenvalue weighted by molar-refractivity contribution is 5.77. The summed E-state index contributed by atoms with van der Waals surface area (Å²) in [5.41, 5.74) is 2.41. The molecule has 0 saturated carbocycles. The third-order valence-corrected chi connectivity index (χ3v) is 4.14. The molecule has 0 radical (unpaired) electrons. The average Bonchev–Trinajstić information content (AvgIpc) is 2.87. The highest BCUT2D eigenvalue weighted by Crippen LogP contribution is 2.33. The normalized spacial score (nSPS) is 20.3. The van der Waals surface area contributed by atoms with Gasteiger partial charge in [-0.15, -0.1) is 0 Å². The van der Waals surface area contributed by atoms with Crippen molar-refractivity contribution in [1.29, 1.82) is 0 Å². The summed E-state index contributed by atoms with van der Waals surface area (Å²) in [6.45, 7) is 9.66. The standard InChI is InChI=1S/C18H28N2O/c1-13-7-5-8-14(11-13)17(18(2,3)4)20-16(21)12-15-9-6-10-19-15/h5,7-8,11,15,17,19H,6,9-10,12H2,1-4H3,(H,20,21). The summed E-state index contributed by atoms with van der Waals surface area (Å²) in [6.07, 6.45) is 2.87. The average molecular weight is 288 g/mol. The van der Waals surface area contributed by atoms with Gasteiger partial charge in [0.25, 0.3) is 0 Å². The zero-order chi connectivity index (χ0) is 15.5. The van der Waals surface area contributed by atoms with Crippen LogP contribution in [0.5, 0.6) is 0 Å². The second-order valence-electron chi connectivity index (χ2n) is 7.28. The van der Waals surface area contributed by atoms with Gasteiger partial charge in [-0.1, -0.05) is 50.6 Å². The van der Waals surface area contributed by atoms with Gasteiger partial charge in [-0.3, -0.25) is 4.79 Å². The lowest BCUT2D eigenvalue weighted by Gasteiger charge is -2.32. The fourth-order valence-electron chi connectivity index (χ4n) is 3.02. The Kier molecular flexibility index (Phi) is 5.04. The van der Waals surface area contributed by atoms with Crippen molar-refractivity contribution < 1.29 is 4.79 Å². The molecule has 21 heavy (non-hydrogen) atoms. The molecule has 0 aromatic heterocycles. The molecule has 2 unspecified atom stereocenters. The van der Waals surface area contributed by atoms with Gasteiger partial charge in [-0.05, 0) is 37.3 Å². The van der Waals surface area contributed by atoms with Crippen molar-refractivity contribution in [1.82, 2.24) is 10.6 Å². The summed E-state index contributed by atoms with van der Waals surface area (Å²) in [5, 5.41) is 6.64. The van der Waals surface area contributed by atoms with Crippen LogP contribution in [-0.4, -0.2) is 18.5 Å². The Labute approximate surface area is 128 Å². The molecule has 1 saturated heterocycles. The monoisotopic (exact) mass is 288 g/mol. The lowest BCUT2D eigenvalue weighted by atomic mass is 9.82. The number of amides is 1. The predicted octanol–water partition coefficient (Wildman–Crippen LogP) is 3.34. The number of rotatable bonds is 4. The molecule has 0 spiro atoms. The molecule has 0 bridgehead atoms. The van der Waals surface area contributed by atoms with Crippen LogP contribution in [0, 0.1) is 12.3 Å². The zero-order valence-electron chi connectivity index (χ0n) is 13.7. The molecule has 0 aliphatic carbocycles. The van der Waals surface area contributed by atoms with E-state index in [4.69, 9.17) is 0 Å². The van der Waals surface area contributed by atoms with Gasteiger partial charge in [0.2, 0.25) is 5.91 Å². The molecule has 3 nitrogen and oxygen atoms in total. The topological polar surface area (TPSA) is 41.1 Å². The molecule has 116 valence electrons. The second kappa shape index (κ2) is 6.61. The first-order valence-electron chi connectivity index (χ1n) is 7.95. The molecule has 2 atom stereocenters. The molecule has 1 aromatic rings. The molecule has 2 N–H and O–H groups in total. The minimum Gasteiger partial charge on any atom is -0.349 e. The third kappa shape index (κ3) is 4.57. The Hall–Kier alpha value is -1.35. The van der Waals surface area contributed by atoms with Gasteiger partial charge in [-0.25, -0.2) is 0 Å². The summed E-state index contributed by atoms with van der Waals surface area (Å²) < 4.78 is 0. The van der Waals surface area contributed by atoms with Crippen molar-refractivity contribution in [3.63, 3.8) is 0 Å². The van der Waals surface area contributed by atoms with Crippen LogP contribution in [0.4, 0.5) is 0 Å². The molecular formula is C18H28N2O. The lowest BCUT2D eigenvalue weighted by Crippen LogP contribution is -2.39. The zero-order valence-corrected chi connectivity index (χ0v) is 13.7. The van der Waals surface area contributed by atoms with E-state index in [2.05, 4.69) is 62.6 Å². The summed E-state index contributed by atoms with van der Waals surface area (Å²) in [6, 6.07) is 8.83. The fourth-order valence-corrected chi connectivity index (χ4v) is 3.02. The smallest absolute Gasteiger partial charge is 0.222 e. The number of nitrogens with one attached hydrogen (secondary N) is 2. The largest absolute Gasteiger partial charge is 0.349 e. The van der Waals surface area contributed by atoms with Crippen LogP contribution >= 0.6 is 0 Å². The molecular weight excluding hydrogens is 260 g/mol. The first kappa shape index (κ1) is 16.0. The minimum atomic E-state index is -0.00738. The quantitative estimate of drug-likeness (QED) is 0.892. The van der Waals surface area contributed by atoms with E-state index < -0.39 is 0 Å². The molecule has 1 aliphatic rings. The minimum absolute atomic E-state index is 0.00738. The number of carbonyl (C=O) groups is 1. The Morgan fingerprint density at radius 1 is 1.43 bits per heavy atom. The van der Waals surface area contributed by atoms with E-state index in [0.29, 0.717) is 12.5 Å². The van der Waals surface area contributed by atoms with E-state index >= 15 is 0 Å². The van der Waals surface area contributed by atoms with Crippen molar-refractivity contribution in [2.45, 2.75) is 59.0 Å². The predicted molar refractivity (Wildman–Crippen MR) is 87.2 cm³/mol. The SMILES string of the molecule is Cc1cccc(C(NC(=O)CC2CCCN2)C(C)(C)C)c1. The van der Waals surface area contributed by atoms with Gasteiger partial charge >= 0.3 is 0 Å². The summed E-state index contributed by atoms with van der Waals surface area (Å²) in [7, 11) is 0. The Morgan fingerprint density at radius 3 is 2.76 bits per heavy atom. The van der Waals surface area contributed by atoms with Crippen LogP contribution in [0.3, 0.4) is 0 Å². The van der Waals surface area contributed by atoms with Crippen molar-refractivity contribution in [2.75, 3.05) is 6.54 Å². The van der Waals surface area contributed by atoms with Crippen LogP contribution in [0.25, 0.3) is 0 Å². The van der Waals surface area contributed by atoms with Crippen molar-refractivity contribution in [2.24, 2.45) is 5.41 Å². The Bertz CT molecular complexity index is 484. The molecule has 1 fully saturated rings. The van der Waals surface area contributed by atoms with E-state index in [-0.39, 0.29) is 17.4 Å². The Morgan fingerprint density at radius 2 is 2.19 bits per heavy atom. The number of hydrogen-bond donors (Lipinski definition) is 2. The van der Waals surface area contributed by atoms with Crippen LogP contribution in [0.1, 0.15) is 57.2 Å². The number of carbonyl (C=O) groups excluding carboxylic acids is 1. The molecule has 1 aromatic carbocycles. The Balaban J connectivity index is 2.08. The first-order valence-corrected chi connectivity index (χ1v) is 7.95. The summed E-state index contributed by atoms with van der Waals surface area (Å²) in [4.78, 5) is 12.4. The molecule has 1 amide bonds. The third-order valence-electron chi connectivity index (χ3n) is 4.14. The molecule has 3 heteroatoms. The summed E-state index contributed by atoms with van der Waals surface area (Å²) in [5.74, 6) is 0.149. The second-order valence-corrected chi connectivity index (χ2v) is 7.28. The van der Waals surface area contributed by atoms with Crippen LogP contribution in [0.15, 0.2) is 24.3 Å². The van der Waals surface area contributed by atoms with Crippen molar-refractivity contribution in [3.8, 4) is 0 Å². The fraction of sp³-hybridized carbons (Fsp3) is 0.611. The van der Waals surface area contributed by atoms with Crippen LogP contribution in [-0.2, 0) is 4.79 Å². The maximum atomic E-state index is 12.4. The van der Waals surface area contributed by atoms with E-state index in [1.54, 1.807) is 0 Å². The van der Waals surface area contributed by atoms with E-state index in [1.165, 1.54) is 17.5 Å². The number of benzene rings is 1. The number of aryl methyl sites for hydroxylation is 1. The van der Waals surface area contributed by atoms with E-state index in [0.717, 1.165) is 13.0 Å². The van der Waals surface area contributed by atoms with Gasteiger partial charge < -0.3 is 10.6 Å².